The number of aliphatic hydroxyl groups excluding tert-OH is 1. The van der Waals surface area contributed by atoms with E-state index in [2.05, 4.69) is 0 Å². The van der Waals surface area contributed by atoms with Crippen LogP contribution in [-0.4, -0.2) is 63.2 Å². The van der Waals surface area contributed by atoms with Crippen LogP contribution in [0.1, 0.15) is 0 Å². The highest BCUT2D eigenvalue weighted by atomic mass is 19.3. The summed E-state index contributed by atoms with van der Waals surface area (Å²) in [6.07, 6.45) is -2.96. The molecule has 0 fully saturated rings. The van der Waals surface area contributed by atoms with E-state index >= 15 is 0 Å². The molecule has 86 valence electrons. The largest absolute Gasteiger partial charge is 0.395 e. The van der Waals surface area contributed by atoms with E-state index < -0.39 is 12.7 Å². The molecular weight excluding hydrogens is 196 g/mol. The fourth-order valence-corrected chi connectivity index (χ4v) is 1.05. The molecule has 4 nitrogen and oxygen atoms in total. The minimum atomic E-state index is -2.42. The minimum Gasteiger partial charge on any atom is -0.395 e. The van der Waals surface area contributed by atoms with Crippen molar-refractivity contribution in [3.63, 3.8) is 0 Å². The molecule has 0 amide bonds. The van der Waals surface area contributed by atoms with Gasteiger partial charge in [0.25, 0.3) is 6.43 Å². The van der Waals surface area contributed by atoms with Crippen molar-refractivity contribution >= 4 is 0 Å². The molecule has 0 atom stereocenters. The molecule has 0 aliphatic heterocycles. The van der Waals surface area contributed by atoms with E-state index in [-0.39, 0.29) is 26.2 Å². The van der Waals surface area contributed by atoms with Gasteiger partial charge in [0.05, 0.1) is 13.2 Å². The predicted molar refractivity (Wildman–Crippen MR) is 47.3 cm³/mol. The van der Waals surface area contributed by atoms with Gasteiger partial charge in [0.2, 0.25) is 0 Å². The third-order valence-electron chi connectivity index (χ3n) is 1.75. The van der Waals surface area contributed by atoms with Gasteiger partial charge in [0.1, 0.15) is 0 Å². The topological polar surface area (TPSA) is 41.9 Å². The number of hydrogen-bond acceptors (Lipinski definition) is 4. The van der Waals surface area contributed by atoms with Crippen LogP contribution in [0.15, 0.2) is 0 Å². The smallest absolute Gasteiger partial charge is 0.251 e. The summed E-state index contributed by atoms with van der Waals surface area (Å²) < 4.78 is 33.9. The van der Waals surface area contributed by atoms with Crippen LogP contribution in [-0.2, 0) is 9.47 Å². The van der Waals surface area contributed by atoms with Crippen LogP contribution >= 0.6 is 0 Å². The zero-order valence-electron chi connectivity index (χ0n) is 8.45. The third kappa shape index (κ3) is 6.20. The maximum Gasteiger partial charge on any atom is 0.251 e. The molecule has 0 rings (SSSR count). The van der Waals surface area contributed by atoms with Gasteiger partial charge in [-0.1, -0.05) is 0 Å². The Morgan fingerprint density at radius 3 is 2.14 bits per heavy atom. The lowest BCUT2D eigenvalue weighted by Gasteiger charge is -2.24. The van der Waals surface area contributed by atoms with Crippen LogP contribution in [0.5, 0.6) is 0 Å². The van der Waals surface area contributed by atoms with Gasteiger partial charge in [0, 0.05) is 27.3 Å². The van der Waals surface area contributed by atoms with Crippen molar-refractivity contribution in [3.05, 3.63) is 0 Å². The van der Waals surface area contributed by atoms with E-state index in [1.165, 1.54) is 19.1 Å². The molecule has 0 saturated heterocycles. The number of nitrogens with zero attached hydrogens (tertiary/aromatic N) is 1. The van der Waals surface area contributed by atoms with Crippen molar-refractivity contribution in [1.29, 1.82) is 0 Å². The summed E-state index contributed by atoms with van der Waals surface area (Å²) in [5.74, 6) is 0. The lowest BCUT2D eigenvalue weighted by molar-refractivity contribution is -0.120. The van der Waals surface area contributed by atoms with Gasteiger partial charge >= 0.3 is 0 Å². The van der Waals surface area contributed by atoms with Gasteiger partial charge in [-0.2, -0.15) is 0 Å². The summed E-state index contributed by atoms with van der Waals surface area (Å²) in [7, 11) is 2.88. The number of rotatable bonds is 8. The van der Waals surface area contributed by atoms with Crippen molar-refractivity contribution in [2.24, 2.45) is 0 Å². The van der Waals surface area contributed by atoms with Crippen molar-refractivity contribution in [2.45, 2.75) is 12.7 Å². The Kier molecular flexibility index (Phi) is 7.87. The Morgan fingerprint density at radius 2 is 1.79 bits per heavy atom. The summed E-state index contributed by atoms with van der Waals surface area (Å²) in [4.78, 5) is 1.39. The quantitative estimate of drug-likeness (QED) is 0.583. The van der Waals surface area contributed by atoms with Crippen LogP contribution in [0, 0.1) is 0 Å². The van der Waals surface area contributed by atoms with Crippen molar-refractivity contribution in [3.8, 4) is 0 Å². The number of hydrogen-bond donors (Lipinski definition) is 1. The maximum absolute atomic E-state index is 12.1. The van der Waals surface area contributed by atoms with E-state index in [1.54, 1.807) is 0 Å². The van der Waals surface area contributed by atoms with Crippen molar-refractivity contribution < 1.29 is 23.4 Å². The fourth-order valence-electron chi connectivity index (χ4n) is 1.05. The summed E-state index contributed by atoms with van der Waals surface area (Å²) in [5, 5.41) is 8.64. The van der Waals surface area contributed by atoms with E-state index in [0.29, 0.717) is 0 Å². The molecule has 0 radical (unpaired) electrons. The highest BCUT2D eigenvalue weighted by Gasteiger charge is 2.16. The van der Waals surface area contributed by atoms with Gasteiger partial charge in [-0.15, -0.1) is 0 Å². The number of ether oxygens (including phenoxy) is 2. The molecule has 0 aromatic carbocycles. The zero-order valence-corrected chi connectivity index (χ0v) is 8.45. The van der Waals surface area contributed by atoms with Crippen LogP contribution in [0.3, 0.4) is 0 Å². The zero-order chi connectivity index (χ0) is 11.0. The Hall–Kier alpha value is -0.300. The second-order valence-corrected chi connectivity index (χ2v) is 2.78. The Balaban J connectivity index is 3.92. The normalized spacial score (nSPS) is 12.0. The Bertz CT molecular complexity index is 134. The maximum atomic E-state index is 12.1. The summed E-state index contributed by atoms with van der Waals surface area (Å²) in [6, 6.07) is 0. The van der Waals surface area contributed by atoms with E-state index in [0.717, 1.165) is 0 Å². The highest BCUT2D eigenvalue weighted by Crippen LogP contribution is 2.01. The van der Waals surface area contributed by atoms with Gasteiger partial charge in [-0.25, -0.2) is 8.78 Å². The van der Waals surface area contributed by atoms with Crippen LogP contribution < -0.4 is 0 Å². The molecule has 0 spiro atoms. The second-order valence-electron chi connectivity index (χ2n) is 2.78. The molecule has 14 heavy (non-hydrogen) atoms. The average Bonchev–Trinajstić information content (AvgIpc) is 2.13. The number of methoxy groups -OCH3 is 2. The SMILES string of the molecule is COC(CN(CCO)CC(F)F)OC. The number of alkyl halides is 2. The lowest BCUT2D eigenvalue weighted by atomic mass is 10.4. The van der Waals surface area contributed by atoms with Crippen LogP contribution in [0.4, 0.5) is 8.78 Å². The predicted octanol–water partition coefficient (Wildman–Crippen LogP) is 0.165. The van der Waals surface area contributed by atoms with Crippen LogP contribution in [0.25, 0.3) is 0 Å². The van der Waals surface area contributed by atoms with Crippen LogP contribution in [0.2, 0.25) is 0 Å². The van der Waals surface area contributed by atoms with Gasteiger partial charge in [-0.05, 0) is 0 Å². The van der Waals surface area contributed by atoms with Crippen molar-refractivity contribution in [2.75, 3.05) is 40.5 Å². The molecule has 0 bridgehead atoms. The van der Waals surface area contributed by atoms with E-state index in [9.17, 15) is 8.78 Å². The first-order chi connectivity index (χ1) is 6.63. The van der Waals surface area contributed by atoms with Crippen molar-refractivity contribution in [1.82, 2.24) is 4.90 Å². The first-order valence-electron chi connectivity index (χ1n) is 4.31. The van der Waals surface area contributed by atoms with Gasteiger partial charge in [-0.3, -0.25) is 4.90 Å². The van der Waals surface area contributed by atoms with Gasteiger partial charge < -0.3 is 14.6 Å². The molecular formula is C8H17F2NO3. The average molecular weight is 213 g/mol. The minimum absolute atomic E-state index is 0.160. The second kappa shape index (κ2) is 8.05. The monoisotopic (exact) mass is 213 g/mol. The van der Waals surface area contributed by atoms with E-state index in [4.69, 9.17) is 14.6 Å². The lowest BCUT2D eigenvalue weighted by Crippen LogP contribution is -2.39. The highest BCUT2D eigenvalue weighted by molar-refractivity contribution is 4.60. The first-order valence-corrected chi connectivity index (χ1v) is 4.31. The summed E-state index contributed by atoms with van der Waals surface area (Å²) >= 11 is 0. The Morgan fingerprint density at radius 1 is 1.21 bits per heavy atom. The standard InChI is InChI=1S/C8H17F2NO3/c1-13-8(14-2)6-11(3-4-12)5-7(9)10/h7-8,12H,3-6H2,1-2H3. The molecule has 0 aromatic heterocycles. The molecule has 0 unspecified atom stereocenters. The molecule has 0 aromatic rings. The number of halogens is 2. The molecule has 6 heteroatoms. The fraction of sp³-hybridized carbons (Fsp3) is 1.00. The molecule has 0 aliphatic carbocycles. The number of aliphatic hydroxyl groups is 1. The molecule has 1 N–H and O–H groups in total. The molecule has 0 saturated carbocycles. The Labute approximate surface area is 82.4 Å². The summed E-state index contributed by atoms with van der Waals surface area (Å²) in [5.41, 5.74) is 0. The first kappa shape index (κ1) is 13.7. The third-order valence-corrected chi connectivity index (χ3v) is 1.75. The molecule has 0 aliphatic rings. The molecule has 0 heterocycles. The summed E-state index contributed by atoms with van der Waals surface area (Å²) in [6.45, 7) is -0.137. The van der Waals surface area contributed by atoms with E-state index in [1.807, 2.05) is 0 Å². The van der Waals surface area contributed by atoms with Gasteiger partial charge in [0.15, 0.2) is 6.29 Å².